The first-order valence-corrected chi connectivity index (χ1v) is 5.12. The average molecular weight is 247 g/mol. The topological polar surface area (TPSA) is 85.0 Å². The second-order valence-electron chi connectivity index (χ2n) is 3.50. The number of non-ortho nitro benzene ring substituents is 1. The van der Waals surface area contributed by atoms with Crippen LogP contribution in [0.15, 0.2) is 28.7 Å². The van der Waals surface area contributed by atoms with Crippen molar-refractivity contribution in [3.63, 3.8) is 0 Å². The fourth-order valence-corrected chi connectivity index (χ4v) is 1.83. The number of nitrogens with one attached hydrogen (secondary N) is 1. The molecule has 3 rings (SSSR count). The largest absolute Gasteiger partial charge is 0.436 e. The molecule has 2 heterocycles. The van der Waals surface area contributed by atoms with E-state index in [0.717, 1.165) is 0 Å². The summed E-state index contributed by atoms with van der Waals surface area (Å²) in [6, 6.07) is 6.11. The van der Waals surface area contributed by atoms with Gasteiger partial charge in [0.25, 0.3) is 5.69 Å². The van der Waals surface area contributed by atoms with E-state index in [0.29, 0.717) is 27.1 Å². The maximum absolute atomic E-state index is 10.7. The minimum atomic E-state index is -0.451. The molecule has 0 aromatic heterocycles. The Morgan fingerprint density at radius 1 is 1.41 bits per heavy atom. The molecule has 0 unspecified atom stereocenters. The number of nitrogens with zero attached hydrogens (tertiary/aromatic N) is 2. The van der Waals surface area contributed by atoms with Crippen molar-refractivity contribution in [2.45, 2.75) is 0 Å². The fourth-order valence-electron chi connectivity index (χ4n) is 1.64. The van der Waals surface area contributed by atoms with Gasteiger partial charge in [-0.15, -0.1) is 5.10 Å². The first-order valence-electron chi connectivity index (χ1n) is 4.71. The standard InChI is InChI=1S/C10H5N3O3S/c14-13(15)6-1-2-8-5(3-6)4-7-9(16-8)11-12-10(7)17/h1-4H,(H,12,17). The van der Waals surface area contributed by atoms with E-state index in [4.69, 9.17) is 16.6 Å². The highest BCUT2D eigenvalue weighted by atomic mass is 32.1. The summed E-state index contributed by atoms with van der Waals surface area (Å²) in [5.41, 5.74) is 1.19. The van der Waals surface area contributed by atoms with Gasteiger partial charge in [-0.2, -0.15) is 0 Å². The molecule has 0 atom stereocenters. The van der Waals surface area contributed by atoms with Gasteiger partial charge >= 0.3 is 0 Å². The zero-order valence-electron chi connectivity index (χ0n) is 8.34. The molecular weight excluding hydrogens is 242 g/mol. The highest BCUT2D eigenvalue weighted by Gasteiger charge is 2.14. The molecule has 17 heavy (non-hydrogen) atoms. The summed E-state index contributed by atoms with van der Waals surface area (Å²) >= 11 is 5.02. The molecule has 0 spiro atoms. The maximum atomic E-state index is 10.7. The predicted octanol–water partition coefficient (Wildman–Crippen LogP) is 2.90. The Morgan fingerprint density at radius 3 is 3.00 bits per heavy atom. The lowest BCUT2D eigenvalue weighted by Gasteiger charge is -2.00. The molecule has 0 amide bonds. The van der Waals surface area contributed by atoms with Crippen LogP contribution in [0.5, 0.6) is 0 Å². The van der Waals surface area contributed by atoms with E-state index in [2.05, 4.69) is 10.2 Å². The van der Waals surface area contributed by atoms with Crippen LogP contribution < -0.4 is 0 Å². The maximum Gasteiger partial charge on any atom is 0.270 e. The summed E-state index contributed by atoms with van der Waals surface area (Å²) < 4.78 is 5.93. The van der Waals surface area contributed by atoms with E-state index < -0.39 is 4.92 Å². The molecule has 2 aliphatic rings. The minimum Gasteiger partial charge on any atom is -0.436 e. The van der Waals surface area contributed by atoms with Gasteiger partial charge < -0.3 is 4.42 Å². The van der Waals surface area contributed by atoms with Gasteiger partial charge in [-0.25, -0.2) is 0 Å². The van der Waals surface area contributed by atoms with Crippen molar-refractivity contribution < 1.29 is 9.34 Å². The van der Waals surface area contributed by atoms with Gasteiger partial charge in [-0.1, -0.05) is 12.2 Å². The molecule has 7 heteroatoms. The van der Waals surface area contributed by atoms with Crippen LogP contribution in [-0.2, 0) is 0 Å². The van der Waals surface area contributed by atoms with Crippen molar-refractivity contribution in [1.82, 2.24) is 10.2 Å². The molecule has 1 N–H and O–H groups in total. The van der Waals surface area contributed by atoms with Crippen molar-refractivity contribution in [2.75, 3.05) is 0 Å². The number of hydrogen-bond donors (Lipinski definition) is 1. The lowest BCUT2D eigenvalue weighted by atomic mass is 10.1. The quantitative estimate of drug-likeness (QED) is 0.406. The summed E-state index contributed by atoms with van der Waals surface area (Å²) in [7, 11) is 0. The van der Waals surface area contributed by atoms with E-state index in [9.17, 15) is 10.1 Å². The van der Waals surface area contributed by atoms with Crippen LogP contribution >= 0.6 is 12.2 Å². The van der Waals surface area contributed by atoms with Crippen molar-refractivity contribution >= 4 is 28.9 Å². The molecule has 0 saturated carbocycles. The molecule has 84 valence electrons. The molecule has 6 nitrogen and oxygen atoms in total. The normalized spacial score (nSPS) is 11.1. The van der Waals surface area contributed by atoms with Gasteiger partial charge in [-0.05, 0) is 12.1 Å². The summed E-state index contributed by atoms with van der Waals surface area (Å²) in [4.78, 5) is 10.2. The third-order valence-corrected chi connectivity index (χ3v) is 2.76. The Balaban J connectivity index is 2.39. The summed E-state index contributed by atoms with van der Waals surface area (Å²) in [5, 5.41) is 17.8. The number of fused-ring (bicyclic) bond motifs is 2. The SMILES string of the molecule is O=[N+]([O-])c1ccc2oc3n[nH]c(=S)c-3cc2c1. The van der Waals surface area contributed by atoms with Gasteiger partial charge in [0.2, 0.25) is 5.89 Å². The third-order valence-electron chi connectivity index (χ3n) is 2.44. The van der Waals surface area contributed by atoms with Crippen LogP contribution in [0, 0.1) is 14.8 Å². The predicted molar refractivity (Wildman–Crippen MR) is 62.5 cm³/mol. The number of benzene rings is 1. The molecular formula is C10H5N3O3S. The van der Waals surface area contributed by atoms with Crippen LogP contribution in [0.1, 0.15) is 0 Å². The zero-order valence-corrected chi connectivity index (χ0v) is 9.15. The van der Waals surface area contributed by atoms with Gasteiger partial charge in [-0.3, -0.25) is 15.2 Å². The summed E-state index contributed by atoms with van der Waals surface area (Å²) in [6.45, 7) is 0. The van der Waals surface area contributed by atoms with E-state index in [1.165, 1.54) is 12.1 Å². The second-order valence-corrected chi connectivity index (χ2v) is 3.91. The van der Waals surface area contributed by atoms with Crippen LogP contribution in [-0.4, -0.2) is 15.1 Å². The van der Waals surface area contributed by atoms with Gasteiger partial charge in [0.05, 0.1) is 10.5 Å². The Bertz CT molecular complexity index is 761. The van der Waals surface area contributed by atoms with Crippen LogP contribution in [0.25, 0.3) is 22.4 Å². The summed E-state index contributed by atoms with van der Waals surface area (Å²) in [5.74, 6) is 0.399. The molecule has 0 aliphatic carbocycles. The fraction of sp³-hybridized carbons (Fsp3) is 0. The lowest BCUT2D eigenvalue weighted by Crippen LogP contribution is -1.88. The molecule has 0 radical (unpaired) electrons. The average Bonchev–Trinajstić information content (AvgIpc) is 2.67. The Hall–Kier alpha value is -2.28. The molecule has 2 aliphatic heterocycles. The minimum absolute atomic E-state index is 0.0152. The van der Waals surface area contributed by atoms with Crippen molar-refractivity contribution in [3.05, 3.63) is 39.0 Å². The Kier molecular flexibility index (Phi) is 1.96. The zero-order chi connectivity index (χ0) is 12.0. The number of aromatic nitrogens is 2. The van der Waals surface area contributed by atoms with E-state index >= 15 is 0 Å². The van der Waals surface area contributed by atoms with E-state index in [-0.39, 0.29) is 5.69 Å². The molecule has 1 aromatic carbocycles. The van der Waals surface area contributed by atoms with Crippen LogP contribution in [0.2, 0.25) is 0 Å². The van der Waals surface area contributed by atoms with Gasteiger partial charge in [0.15, 0.2) is 0 Å². The van der Waals surface area contributed by atoms with Crippen molar-refractivity contribution in [3.8, 4) is 11.5 Å². The lowest BCUT2D eigenvalue weighted by molar-refractivity contribution is -0.384. The Labute approximate surface area is 99.4 Å². The highest BCUT2D eigenvalue weighted by Crippen LogP contribution is 2.29. The van der Waals surface area contributed by atoms with E-state index in [1.807, 2.05) is 0 Å². The molecule has 0 saturated heterocycles. The second kappa shape index (κ2) is 3.36. The van der Waals surface area contributed by atoms with E-state index in [1.54, 1.807) is 12.1 Å². The van der Waals surface area contributed by atoms with Crippen LogP contribution in [0.4, 0.5) is 5.69 Å². The third kappa shape index (κ3) is 1.48. The molecule has 0 bridgehead atoms. The summed E-state index contributed by atoms with van der Waals surface area (Å²) in [6.07, 6.45) is 0. The number of nitro groups is 1. The van der Waals surface area contributed by atoms with Gasteiger partial charge in [0.1, 0.15) is 10.2 Å². The Morgan fingerprint density at radius 2 is 2.24 bits per heavy atom. The smallest absolute Gasteiger partial charge is 0.270 e. The van der Waals surface area contributed by atoms with Crippen LogP contribution in [0.3, 0.4) is 0 Å². The van der Waals surface area contributed by atoms with Crippen molar-refractivity contribution in [1.29, 1.82) is 0 Å². The van der Waals surface area contributed by atoms with Gasteiger partial charge in [0, 0.05) is 17.5 Å². The van der Waals surface area contributed by atoms with Crippen molar-refractivity contribution in [2.24, 2.45) is 0 Å². The number of hydrogen-bond acceptors (Lipinski definition) is 5. The number of H-pyrrole nitrogens is 1. The number of aromatic amines is 1. The first-order chi connectivity index (χ1) is 8.15. The highest BCUT2D eigenvalue weighted by molar-refractivity contribution is 7.71. The number of rotatable bonds is 1. The molecule has 0 fully saturated rings. The monoisotopic (exact) mass is 247 g/mol. The first kappa shape index (κ1) is 9.91. The number of nitro benzene ring substituents is 1. The molecule has 1 aromatic rings.